The average molecular weight is 409 g/mol. The second-order valence-electron chi connectivity index (χ2n) is 6.73. The van der Waals surface area contributed by atoms with Gasteiger partial charge in [0.1, 0.15) is 11.6 Å². The van der Waals surface area contributed by atoms with E-state index >= 15 is 0 Å². The van der Waals surface area contributed by atoms with Crippen molar-refractivity contribution in [3.63, 3.8) is 0 Å². The first kappa shape index (κ1) is 21.0. The van der Waals surface area contributed by atoms with Crippen molar-refractivity contribution in [2.75, 3.05) is 0 Å². The topological polar surface area (TPSA) is 61.8 Å². The molecule has 1 aromatic heterocycles. The molecule has 3 rings (SSSR count). The Morgan fingerprint density at radius 1 is 1.10 bits per heavy atom. The van der Waals surface area contributed by atoms with E-state index in [9.17, 15) is 23.5 Å². The summed E-state index contributed by atoms with van der Waals surface area (Å²) in [5, 5.41) is 18.6. The molecule has 0 unspecified atom stereocenters. The minimum atomic E-state index is -4.63. The Hall–Kier alpha value is -3.71. The summed E-state index contributed by atoms with van der Waals surface area (Å²) in [7, 11) is 0. The van der Waals surface area contributed by atoms with E-state index < -0.39 is 17.5 Å². The fourth-order valence-corrected chi connectivity index (χ4v) is 3.08. The van der Waals surface area contributed by atoms with Crippen LogP contribution in [-0.2, 0) is 19.1 Å². The first-order valence-electron chi connectivity index (χ1n) is 9.21. The van der Waals surface area contributed by atoms with Crippen molar-refractivity contribution in [2.45, 2.75) is 32.5 Å². The molecule has 0 aliphatic heterocycles. The van der Waals surface area contributed by atoms with Gasteiger partial charge in [0.25, 0.3) is 0 Å². The zero-order valence-corrected chi connectivity index (χ0v) is 16.2. The molecule has 1 heterocycles. The van der Waals surface area contributed by atoms with Crippen LogP contribution in [0.5, 0.6) is 5.75 Å². The summed E-state index contributed by atoms with van der Waals surface area (Å²) < 4.78 is 41.7. The second-order valence-corrected chi connectivity index (χ2v) is 6.73. The predicted octanol–water partition coefficient (Wildman–Crippen LogP) is 4.82. The monoisotopic (exact) mass is 409 g/mol. The standard InChI is InChI=1S/C23H18F3N3O/c1-16-28-10-12-29(16)11-2-3-20-13-17(15-27)4-5-18(20)6-7-19-8-9-21(30)14-22(19)23(24,25)26/h4-5,8-10,12-14,30H,2-3,11H2,1H3. The Labute approximate surface area is 172 Å². The van der Waals surface area contributed by atoms with Crippen molar-refractivity contribution < 1.29 is 18.3 Å². The first-order chi connectivity index (χ1) is 14.3. The van der Waals surface area contributed by atoms with Gasteiger partial charge in [-0.05, 0) is 61.7 Å². The molecule has 0 spiro atoms. The van der Waals surface area contributed by atoms with E-state index in [1.54, 1.807) is 24.4 Å². The second kappa shape index (κ2) is 8.75. The van der Waals surface area contributed by atoms with Crippen molar-refractivity contribution in [2.24, 2.45) is 0 Å². The largest absolute Gasteiger partial charge is 0.508 e. The molecule has 1 N–H and O–H groups in total. The van der Waals surface area contributed by atoms with E-state index in [4.69, 9.17) is 0 Å². The van der Waals surface area contributed by atoms with E-state index in [0.29, 0.717) is 23.6 Å². The summed E-state index contributed by atoms with van der Waals surface area (Å²) >= 11 is 0. The summed E-state index contributed by atoms with van der Waals surface area (Å²) in [6.07, 6.45) is 0.342. The molecule has 7 heteroatoms. The van der Waals surface area contributed by atoms with E-state index in [-0.39, 0.29) is 5.56 Å². The molecular formula is C23H18F3N3O. The normalized spacial score (nSPS) is 10.9. The predicted molar refractivity (Wildman–Crippen MR) is 106 cm³/mol. The molecule has 30 heavy (non-hydrogen) atoms. The number of imidazole rings is 1. The van der Waals surface area contributed by atoms with Crippen molar-refractivity contribution in [1.82, 2.24) is 9.55 Å². The van der Waals surface area contributed by atoms with Crippen LogP contribution in [-0.4, -0.2) is 14.7 Å². The zero-order chi connectivity index (χ0) is 21.7. The maximum Gasteiger partial charge on any atom is 0.417 e. The van der Waals surface area contributed by atoms with Gasteiger partial charge in [-0.15, -0.1) is 0 Å². The summed E-state index contributed by atoms with van der Waals surface area (Å²) in [6.45, 7) is 2.63. The number of hydrogen-bond donors (Lipinski definition) is 1. The highest BCUT2D eigenvalue weighted by molar-refractivity contribution is 5.53. The van der Waals surface area contributed by atoms with Gasteiger partial charge in [-0.3, -0.25) is 0 Å². The molecule has 0 amide bonds. The number of halogens is 3. The van der Waals surface area contributed by atoms with Crippen LogP contribution in [0.25, 0.3) is 0 Å². The highest BCUT2D eigenvalue weighted by Crippen LogP contribution is 2.33. The van der Waals surface area contributed by atoms with Crippen molar-refractivity contribution in [3.8, 4) is 23.7 Å². The van der Waals surface area contributed by atoms with Gasteiger partial charge in [0.2, 0.25) is 0 Å². The molecule has 0 radical (unpaired) electrons. The van der Waals surface area contributed by atoms with Crippen LogP contribution in [0.2, 0.25) is 0 Å². The third-order valence-corrected chi connectivity index (χ3v) is 4.64. The van der Waals surface area contributed by atoms with Gasteiger partial charge in [0.05, 0.1) is 17.2 Å². The number of rotatable bonds is 4. The number of phenols is 1. The van der Waals surface area contributed by atoms with Gasteiger partial charge < -0.3 is 9.67 Å². The van der Waals surface area contributed by atoms with Gasteiger partial charge in [-0.1, -0.05) is 11.8 Å². The maximum absolute atomic E-state index is 13.2. The minimum Gasteiger partial charge on any atom is -0.508 e. The van der Waals surface area contributed by atoms with Crippen LogP contribution in [0.4, 0.5) is 13.2 Å². The molecule has 0 fully saturated rings. The number of aryl methyl sites for hydroxylation is 3. The number of benzene rings is 2. The molecule has 0 atom stereocenters. The molecule has 0 aliphatic carbocycles. The van der Waals surface area contributed by atoms with Crippen LogP contribution in [0, 0.1) is 30.1 Å². The highest BCUT2D eigenvalue weighted by Gasteiger charge is 2.33. The Morgan fingerprint density at radius 2 is 1.83 bits per heavy atom. The molecule has 0 saturated carbocycles. The number of nitriles is 1. The van der Waals surface area contributed by atoms with E-state index in [1.165, 1.54) is 6.07 Å². The number of aromatic hydroxyl groups is 1. The van der Waals surface area contributed by atoms with Gasteiger partial charge in [0, 0.05) is 30.1 Å². The lowest BCUT2D eigenvalue weighted by atomic mass is 9.99. The lowest BCUT2D eigenvalue weighted by Gasteiger charge is -2.10. The minimum absolute atomic E-state index is 0.218. The zero-order valence-electron chi connectivity index (χ0n) is 16.2. The van der Waals surface area contributed by atoms with E-state index in [0.717, 1.165) is 30.4 Å². The molecule has 0 aliphatic rings. The third kappa shape index (κ3) is 5.01. The van der Waals surface area contributed by atoms with Crippen LogP contribution in [0.1, 0.15) is 40.1 Å². The average Bonchev–Trinajstić information content (AvgIpc) is 3.11. The SMILES string of the molecule is Cc1nccn1CCCc1cc(C#N)ccc1C#Cc1ccc(O)cc1C(F)(F)F. The van der Waals surface area contributed by atoms with E-state index in [2.05, 4.69) is 22.9 Å². The summed E-state index contributed by atoms with van der Waals surface area (Å²) in [5.41, 5.74) is 0.629. The Bertz CT molecular complexity index is 1160. The molecule has 3 aromatic rings. The number of aromatic nitrogens is 2. The van der Waals surface area contributed by atoms with Crippen LogP contribution >= 0.6 is 0 Å². The van der Waals surface area contributed by atoms with Crippen LogP contribution in [0.15, 0.2) is 48.8 Å². The number of phenolic OH excluding ortho intramolecular Hbond substituents is 1. The van der Waals surface area contributed by atoms with Crippen molar-refractivity contribution >= 4 is 0 Å². The maximum atomic E-state index is 13.2. The molecule has 0 saturated heterocycles. The Kier molecular flexibility index (Phi) is 6.13. The number of alkyl halides is 3. The fraction of sp³-hybridized carbons (Fsp3) is 0.217. The van der Waals surface area contributed by atoms with Crippen molar-refractivity contribution in [3.05, 3.63) is 82.4 Å². The van der Waals surface area contributed by atoms with Crippen LogP contribution < -0.4 is 0 Å². The molecule has 152 valence electrons. The van der Waals surface area contributed by atoms with Gasteiger partial charge in [0.15, 0.2) is 0 Å². The lowest BCUT2D eigenvalue weighted by Crippen LogP contribution is -2.07. The smallest absolute Gasteiger partial charge is 0.417 e. The number of hydrogen-bond acceptors (Lipinski definition) is 3. The molecule has 4 nitrogen and oxygen atoms in total. The van der Waals surface area contributed by atoms with Gasteiger partial charge in [-0.25, -0.2) is 4.98 Å². The van der Waals surface area contributed by atoms with Crippen molar-refractivity contribution in [1.29, 1.82) is 5.26 Å². The molecule has 0 bridgehead atoms. The molecule has 2 aromatic carbocycles. The summed E-state index contributed by atoms with van der Waals surface area (Å²) in [6, 6.07) is 10.0. The van der Waals surface area contributed by atoms with E-state index in [1.807, 2.05) is 17.7 Å². The summed E-state index contributed by atoms with van der Waals surface area (Å²) in [4.78, 5) is 4.17. The first-order valence-corrected chi connectivity index (χ1v) is 9.21. The quantitative estimate of drug-likeness (QED) is 0.629. The molecular weight excluding hydrogens is 391 g/mol. The fourth-order valence-electron chi connectivity index (χ4n) is 3.08. The van der Waals surface area contributed by atoms with Gasteiger partial charge >= 0.3 is 6.18 Å². The number of nitrogens with zero attached hydrogens (tertiary/aromatic N) is 3. The third-order valence-electron chi connectivity index (χ3n) is 4.64. The summed E-state index contributed by atoms with van der Waals surface area (Å²) in [5.74, 6) is 5.81. The Morgan fingerprint density at radius 3 is 2.50 bits per heavy atom. The highest BCUT2D eigenvalue weighted by atomic mass is 19.4. The van der Waals surface area contributed by atoms with Crippen LogP contribution in [0.3, 0.4) is 0 Å². The lowest BCUT2D eigenvalue weighted by molar-refractivity contribution is -0.137. The Balaban J connectivity index is 1.89. The van der Waals surface area contributed by atoms with Gasteiger partial charge in [-0.2, -0.15) is 18.4 Å².